The molecule has 0 aromatic rings. The van der Waals surface area contributed by atoms with Crippen LogP contribution in [0.2, 0.25) is 0 Å². The predicted molar refractivity (Wildman–Crippen MR) is 58.5 cm³/mol. The maximum Gasteiger partial charge on any atom is 0.238 e. The number of nitrogens with zero attached hydrogens (tertiary/aromatic N) is 1. The van der Waals surface area contributed by atoms with Crippen molar-refractivity contribution >= 4 is 5.91 Å². The summed E-state index contributed by atoms with van der Waals surface area (Å²) in [5.74, 6) is 4.95. The van der Waals surface area contributed by atoms with E-state index in [1.165, 1.54) is 0 Å². The van der Waals surface area contributed by atoms with E-state index in [1.54, 1.807) is 0 Å². The molecule has 0 radical (unpaired) electrons. The zero-order valence-electron chi connectivity index (χ0n) is 9.71. The smallest absolute Gasteiger partial charge is 0.238 e. The monoisotopic (exact) mass is 201 g/mol. The molecule has 0 heterocycles. The van der Waals surface area contributed by atoms with Gasteiger partial charge in [0, 0.05) is 6.04 Å². The van der Waals surface area contributed by atoms with Gasteiger partial charge in [0.15, 0.2) is 0 Å². The van der Waals surface area contributed by atoms with Crippen LogP contribution in [-0.4, -0.2) is 29.9 Å². The first-order valence-electron chi connectivity index (χ1n) is 5.32. The maximum absolute atomic E-state index is 11.3. The summed E-state index contributed by atoms with van der Waals surface area (Å²) in [4.78, 5) is 13.6. The molecule has 0 spiro atoms. The molecule has 0 aromatic carbocycles. The minimum absolute atomic E-state index is 0.0634. The fourth-order valence-corrected chi connectivity index (χ4v) is 1.60. The number of rotatable bonds is 6. The van der Waals surface area contributed by atoms with E-state index in [4.69, 9.17) is 5.84 Å². The lowest BCUT2D eigenvalue weighted by atomic mass is 10.0. The number of nitrogens with two attached hydrogens (primary N) is 1. The Morgan fingerprint density at radius 3 is 2.36 bits per heavy atom. The molecule has 0 aliphatic rings. The lowest BCUT2D eigenvalue weighted by Gasteiger charge is -2.30. The van der Waals surface area contributed by atoms with Gasteiger partial charge >= 0.3 is 0 Å². The first kappa shape index (κ1) is 13.4. The summed E-state index contributed by atoms with van der Waals surface area (Å²) in [6.07, 6.45) is 1.11. The van der Waals surface area contributed by atoms with Gasteiger partial charge in [-0.1, -0.05) is 20.8 Å². The van der Waals surface area contributed by atoms with Gasteiger partial charge < -0.3 is 4.90 Å². The standard InChI is InChI=1S/C10H23N3O/c1-5-7-13(6-2)9(4)8(3)10(14)12-11/h8-9H,5-7,11H2,1-4H3,(H,12,14). The number of amides is 1. The van der Waals surface area contributed by atoms with Crippen molar-refractivity contribution in [2.45, 2.75) is 40.2 Å². The Labute approximate surface area is 86.8 Å². The van der Waals surface area contributed by atoms with E-state index < -0.39 is 0 Å². The quantitative estimate of drug-likeness (QED) is 0.378. The van der Waals surface area contributed by atoms with Gasteiger partial charge in [0.2, 0.25) is 5.91 Å². The topological polar surface area (TPSA) is 58.4 Å². The van der Waals surface area contributed by atoms with Crippen molar-refractivity contribution in [2.75, 3.05) is 13.1 Å². The third-order valence-electron chi connectivity index (χ3n) is 2.77. The van der Waals surface area contributed by atoms with Crippen LogP contribution in [0.15, 0.2) is 0 Å². The van der Waals surface area contributed by atoms with Gasteiger partial charge in [-0.05, 0) is 26.4 Å². The minimum Gasteiger partial charge on any atom is -0.300 e. The Morgan fingerprint density at radius 1 is 1.43 bits per heavy atom. The van der Waals surface area contributed by atoms with Crippen LogP contribution in [0.3, 0.4) is 0 Å². The highest BCUT2D eigenvalue weighted by atomic mass is 16.2. The van der Waals surface area contributed by atoms with Crippen molar-refractivity contribution in [3.8, 4) is 0 Å². The van der Waals surface area contributed by atoms with Crippen molar-refractivity contribution < 1.29 is 4.79 Å². The molecular weight excluding hydrogens is 178 g/mol. The van der Waals surface area contributed by atoms with Crippen molar-refractivity contribution in [3.05, 3.63) is 0 Å². The fraction of sp³-hybridized carbons (Fsp3) is 0.900. The van der Waals surface area contributed by atoms with E-state index in [2.05, 4.69) is 31.1 Å². The van der Waals surface area contributed by atoms with Gasteiger partial charge in [-0.3, -0.25) is 10.2 Å². The van der Waals surface area contributed by atoms with Crippen molar-refractivity contribution in [1.82, 2.24) is 10.3 Å². The third kappa shape index (κ3) is 3.64. The summed E-state index contributed by atoms with van der Waals surface area (Å²) in [6, 6.07) is 0.239. The summed E-state index contributed by atoms with van der Waals surface area (Å²) in [5, 5.41) is 0. The summed E-state index contributed by atoms with van der Waals surface area (Å²) < 4.78 is 0. The highest BCUT2D eigenvalue weighted by molar-refractivity contribution is 5.78. The molecule has 2 atom stereocenters. The van der Waals surface area contributed by atoms with Gasteiger partial charge in [0.1, 0.15) is 0 Å². The summed E-state index contributed by atoms with van der Waals surface area (Å²) in [6.45, 7) is 10.2. The third-order valence-corrected chi connectivity index (χ3v) is 2.77. The molecule has 84 valence electrons. The molecule has 4 heteroatoms. The Balaban J connectivity index is 4.25. The van der Waals surface area contributed by atoms with Crippen LogP contribution in [0.25, 0.3) is 0 Å². The molecule has 0 saturated carbocycles. The summed E-state index contributed by atoms with van der Waals surface area (Å²) in [5.41, 5.74) is 2.20. The van der Waals surface area contributed by atoms with Crippen LogP contribution >= 0.6 is 0 Å². The molecule has 0 aromatic heterocycles. The summed E-state index contributed by atoms with van der Waals surface area (Å²) >= 11 is 0. The molecule has 0 rings (SSSR count). The number of nitrogens with one attached hydrogen (secondary N) is 1. The average Bonchev–Trinajstić information content (AvgIpc) is 2.22. The average molecular weight is 201 g/mol. The highest BCUT2D eigenvalue weighted by Crippen LogP contribution is 2.11. The van der Waals surface area contributed by atoms with Gasteiger partial charge in [-0.2, -0.15) is 0 Å². The molecule has 0 bridgehead atoms. The Morgan fingerprint density at radius 2 is 2.00 bits per heavy atom. The number of carbonyl (C=O) groups is 1. The van der Waals surface area contributed by atoms with Gasteiger partial charge in [-0.25, -0.2) is 5.84 Å². The van der Waals surface area contributed by atoms with Crippen LogP contribution in [0, 0.1) is 5.92 Å². The van der Waals surface area contributed by atoms with E-state index >= 15 is 0 Å². The molecule has 0 saturated heterocycles. The van der Waals surface area contributed by atoms with Crippen molar-refractivity contribution in [1.29, 1.82) is 0 Å². The zero-order chi connectivity index (χ0) is 11.1. The van der Waals surface area contributed by atoms with Crippen molar-refractivity contribution in [2.24, 2.45) is 11.8 Å². The lowest BCUT2D eigenvalue weighted by Crippen LogP contribution is -2.46. The van der Waals surface area contributed by atoms with Crippen LogP contribution in [-0.2, 0) is 4.79 Å². The SMILES string of the molecule is CCCN(CC)C(C)C(C)C(=O)NN. The fourth-order valence-electron chi connectivity index (χ4n) is 1.60. The molecule has 0 aliphatic carbocycles. The van der Waals surface area contributed by atoms with E-state index in [1.807, 2.05) is 6.92 Å². The molecular formula is C10H23N3O. The number of hydrogen-bond acceptors (Lipinski definition) is 3. The molecule has 4 nitrogen and oxygen atoms in total. The normalized spacial score (nSPS) is 15.3. The predicted octanol–water partition coefficient (Wildman–Crippen LogP) is 0.733. The van der Waals surface area contributed by atoms with Crippen LogP contribution in [0.5, 0.6) is 0 Å². The number of carbonyl (C=O) groups excluding carboxylic acids is 1. The van der Waals surface area contributed by atoms with Crippen LogP contribution in [0.1, 0.15) is 34.1 Å². The van der Waals surface area contributed by atoms with Gasteiger partial charge in [-0.15, -0.1) is 0 Å². The van der Waals surface area contributed by atoms with Crippen molar-refractivity contribution in [3.63, 3.8) is 0 Å². The largest absolute Gasteiger partial charge is 0.300 e. The molecule has 2 unspecified atom stereocenters. The number of hydrogen-bond donors (Lipinski definition) is 2. The van der Waals surface area contributed by atoms with E-state index in [0.717, 1.165) is 19.5 Å². The van der Waals surface area contributed by atoms with E-state index in [9.17, 15) is 4.79 Å². The second-order valence-electron chi connectivity index (χ2n) is 3.67. The maximum atomic E-state index is 11.3. The Kier molecular flexibility index (Phi) is 6.49. The van der Waals surface area contributed by atoms with Crippen LogP contribution < -0.4 is 11.3 Å². The van der Waals surface area contributed by atoms with E-state index in [0.29, 0.717) is 0 Å². The number of hydrazine groups is 1. The Bertz CT molecular complexity index is 173. The van der Waals surface area contributed by atoms with Gasteiger partial charge in [0.25, 0.3) is 0 Å². The first-order chi connectivity index (χ1) is 6.58. The molecule has 1 amide bonds. The summed E-state index contributed by atoms with van der Waals surface area (Å²) in [7, 11) is 0. The second-order valence-corrected chi connectivity index (χ2v) is 3.67. The van der Waals surface area contributed by atoms with Gasteiger partial charge in [0.05, 0.1) is 5.92 Å². The Hall–Kier alpha value is -0.610. The highest BCUT2D eigenvalue weighted by Gasteiger charge is 2.23. The first-order valence-corrected chi connectivity index (χ1v) is 5.32. The molecule has 0 aliphatic heterocycles. The molecule has 0 fully saturated rings. The van der Waals surface area contributed by atoms with E-state index in [-0.39, 0.29) is 17.9 Å². The van der Waals surface area contributed by atoms with Crippen LogP contribution in [0.4, 0.5) is 0 Å². The lowest BCUT2D eigenvalue weighted by molar-refractivity contribution is -0.126. The minimum atomic E-state index is -0.0907. The molecule has 14 heavy (non-hydrogen) atoms. The second kappa shape index (κ2) is 6.79. The molecule has 3 N–H and O–H groups in total. The zero-order valence-corrected chi connectivity index (χ0v) is 9.71.